The molecule has 2 rings (SSSR count). The monoisotopic (exact) mass is 269 g/mol. The Bertz CT molecular complexity index is 523. The van der Waals surface area contributed by atoms with Gasteiger partial charge in [0.1, 0.15) is 0 Å². The fourth-order valence-electron chi connectivity index (χ4n) is 2.37. The number of nitrogens with one attached hydrogen (secondary N) is 1. The van der Waals surface area contributed by atoms with Crippen molar-refractivity contribution in [1.29, 1.82) is 0 Å². The topological polar surface area (TPSA) is 41.3 Å². The van der Waals surface area contributed by atoms with Gasteiger partial charge in [0.15, 0.2) is 0 Å². The zero-order valence-corrected chi connectivity index (χ0v) is 12.2. The first kappa shape index (κ1) is 14.7. The van der Waals surface area contributed by atoms with Crippen molar-refractivity contribution in [1.82, 2.24) is 10.2 Å². The van der Waals surface area contributed by atoms with Crippen molar-refractivity contribution in [2.24, 2.45) is 5.73 Å². The van der Waals surface area contributed by atoms with Gasteiger partial charge in [-0.3, -0.25) is 10.2 Å². The Balaban J connectivity index is 2.10. The van der Waals surface area contributed by atoms with Crippen LogP contribution in [0.1, 0.15) is 22.9 Å². The Labute approximate surface area is 121 Å². The van der Waals surface area contributed by atoms with E-state index in [1.54, 1.807) is 0 Å². The van der Waals surface area contributed by atoms with Crippen LogP contribution in [0, 0.1) is 0 Å². The molecule has 0 heterocycles. The summed E-state index contributed by atoms with van der Waals surface area (Å²) < 4.78 is 0. The average Bonchev–Trinajstić information content (AvgIpc) is 2.48. The lowest BCUT2D eigenvalue weighted by Crippen LogP contribution is -2.33. The molecule has 1 unspecified atom stereocenters. The average molecular weight is 269 g/mol. The van der Waals surface area contributed by atoms with Crippen LogP contribution in [-0.4, -0.2) is 19.0 Å². The maximum Gasteiger partial charge on any atom is 0.0858 e. The maximum atomic E-state index is 5.79. The quantitative estimate of drug-likeness (QED) is 0.792. The van der Waals surface area contributed by atoms with Gasteiger partial charge in [0.05, 0.1) is 6.17 Å². The van der Waals surface area contributed by atoms with E-state index in [4.69, 9.17) is 5.73 Å². The fraction of sp³-hybridized carbons (Fsp3) is 0.294. The lowest BCUT2D eigenvalue weighted by atomic mass is 10.1. The number of nitrogens with two attached hydrogens (primary N) is 1. The molecule has 0 fully saturated rings. The van der Waals surface area contributed by atoms with Crippen LogP contribution in [-0.2, 0) is 13.1 Å². The molecule has 2 aromatic rings. The third kappa shape index (κ3) is 3.67. The molecule has 106 valence electrons. The Morgan fingerprint density at radius 1 is 0.950 bits per heavy atom. The molecular weight excluding hydrogens is 246 g/mol. The van der Waals surface area contributed by atoms with Crippen molar-refractivity contribution in [2.75, 3.05) is 14.1 Å². The molecule has 0 aliphatic carbocycles. The molecule has 0 aliphatic rings. The molecule has 3 heteroatoms. The van der Waals surface area contributed by atoms with E-state index in [1.807, 2.05) is 12.1 Å². The summed E-state index contributed by atoms with van der Waals surface area (Å²) in [4.78, 5) is 2.18. The highest BCUT2D eigenvalue weighted by atomic mass is 15.2. The van der Waals surface area contributed by atoms with Crippen molar-refractivity contribution < 1.29 is 0 Å². The van der Waals surface area contributed by atoms with Gasteiger partial charge in [-0.25, -0.2) is 0 Å². The Morgan fingerprint density at radius 2 is 1.55 bits per heavy atom. The smallest absolute Gasteiger partial charge is 0.0858 e. The van der Waals surface area contributed by atoms with Crippen molar-refractivity contribution in [3.05, 3.63) is 71.3 Å². The highest BCUT2D eigenvalue weighted by Gasteiger charge is 2.13. The van der Waals surface area contributed by atoms with Crippen LogP contribution in [0.4, 0.5) is 0 Å². The van der Waals surface area contributed by atoms with Crippen LogP contribution < -0.4 is 11.1 Å². The fourth-order valence-corrected chi connectivity index (χ4v) is 2.37. The number of benzene rings is 2. The van der Waals surface area contributed by atoms with E-state index in [-0.39, 0.29) is 6.17 Å². The summed E-state index contributed by atoms with van der Waals surface area (Å²) in [5.74, 6) is 0. The predicted molar refractivity (Wildman–Crippen MR) is 84.0 cm³/mol. The van der Waals surface area contributed by atoms with Gasteiger partial charge in [-0.2, -0.15) is 0 Å². The van der Waals surface area contributed by atoms with E-state index in [0.29, 0.717) is 6.54 Å². The summed E-state index contributed by atoms with van der Waals surface area (Å²) in [5.41, 5.74) is 9.52. The van der Waals surface area contributed by atoms with Crippen molar-refractivity contribution in [2.45, 2.75) is 19.3 Å². The molecule has 20 heavy (non-hydrogen) atoms. The Hall–Kier alpha value is -1.68. The van der Waals surface area contributed by atoms with E-state index < -0.39 is 0 Å². The van der Waals surface area contributed by atoms with Gasteiger partial charge in [0.2, 0.25) is 0 Å². The van der Waals surface area contributed by atoms with Gasteiger partial charge < -0.3 is 5.73 Å². The van der Waals surface area contributed by atoms with Gasteiger partial charge in [-0.05, 0) is 30.8 Å². The van der Waals surface area contributed by atoms with Crippen LogP contribution in [0.5, 0.6) is 0 Å². The molecule has 3 nitrogen and oxygen atoms in total. The van der Waals surface area contributed by atoms with Gasteiger partial charge in [-0.1, -0.05) is 54.6 Å². The second-order valence-electron chi connectivity index (χ2n) is 5.13. The minimum atomic E-state index is 0.196. The lowest BCUT2D eigenvalue weighted by Gasteiger charge is -2.26. The van der Waals surface area contributed by atoms with Crippen LogP contribution in [0.3, 0.4) is 0 Å². The summed E-state index contributed by atoms with van der Waals surface area (Å²) in [6.45, 7) is 1.39. The third-order valence-electron chi connectivity index (χ3n) is 3.46. The van der Waals surface area contributed by atoms with Crippen LogP contribution in [0.2, 0.25) is 0 Å². The van der Waals surface area contributed by atoms with Crippen molar-refractivity contribution >= 4 is 0 Å². The molecule has 0 radical (unpaired) electrons. The first-order chi connectivity index (χ1) is 9.72. The molecule has 0 saturated heterocycles. The highest BCUT2D eigenvalue weighted by Crippen LogP contribution is 2.16. The van der Waals surface area contributed by atoms with Gasteiger partial charge in [0, 0.05) is 13.1 Å². The largest absolute Gasteiger partial charge is 0.326 e. The molecule has 0 bridgehead atoms. The number of rotatable bonds is 6. The van der Waals surface area contributed by atoms with Crippen molar-refractivity contribution in [3.63, 3.8) is 0 Å². The highest BCUT2D eigenvalue weighted by molar-refractivity contribution is 5.27. The maximum absolute atomic E-state index is 5.79. The summed E-state index contributed by atoms with van der Waals surface area (Å²) in [7, 11) is 4.17. The molecular formula is C17H23N3. The molecule has 0 aromatic heterocycles. The van der Waals surface area contributed by atoms with E-state index in [0.717, 1.165) is 6.54 Å². The second kappa shape index (κ2) is 7.20. The summed E-state index contributed by atoms with van der Waals surface area (Å²) in [6, 6.07) is 18.8. The van der Waals surface area contributed by atoms with E-state index >= 15 is 0 Å². The number of nitrogens with zero attached hydrogens (tertiary/aromatic N) is 1. The van der Waals surface area contributed by atoms with Crippen LogP contribution in [0.15, 0.2) is 54.6 Å². The zero-order chi connectivity index (χ0) is 14.4. The van der Waals surface area contributed by atoms with E-state index in [9.17, 15) is 0 Å². The molecule has 0 saturated carbocycles. The minimum Gasteiger partial charge on any atom is -0.326 e. The first-order valence-electron chi connectivity index (χ1n) is 6.94. The standard InChI is InChI=1S/C17H23N3/c1-20(2)17(14-8-4-3-5-9-14)19-13-16-11-7-6-10-15(16)12-18/h3-11,17,19H,12-13,18H2,1-2H3. The second-order valence-corrected chi connectivity index (χ2v) is 5.13. The SMILES string of the molecule is CN(C)C(NCc1ccccc1CN)c1ccccc1. The van der Waals surface area contributed by atoms with E-state index in [2.05, 4.69) is 66.8 Å². The Morgan fingerprint density at radius 3 is 2.15 bits per heavy atom. The minimum absolute atomic E-state index is 0.196. The van der Waals surface area contributed by atoms with Crippen LogP contribution >= 0.6 is 0 Å². The molecule has 0 amide bonds. The number of hydrogen-bond acceptors (Lipinski definition) is 3. The Kier molecular flexibility index (Phi) is 5.30. The summed E-state index contributed by atoms with van der Waals surface area (Å²) >= 11 is 0. The van der Waals surface area contributed by atoms with E-state index in [1.165, 1.54) is 16.7 Å². The molecule has 0 aliphatic heterocycles. The molecule has 2 aromatic carbocycles. The lowest BCUT2D eigenvalue weighted by molar-refractivity contribution is 0.248. The zero-order valence-electron chi connectivity index (χ0n) is 12.2. The van der Waals surface area contributed by atoms with Crippen LogP contribution in [0.25, 0.3) is 0 Å². The molecule has 3 N–H and O–H groups in total. The molecule has 0 spiro atoms. The number of hydrogen-bond donors (Lipinski definition) is 2. The summed E-state index contributed by atoms with van der Waals surface area (Å²) in [5, 5.41) is 3.60. The van der Waals surface area contributed by atoms with Crippen molar-refractivity contribution in [3.8, 4) is 0 Å². The molecule has 1 atom stereocenters. The summed E-state index contributed by atoms with van der Waals surface area (Å²) in [6.07, 6.45) is 0.196. The third-order valence-corrected chi connectivity index (χ3v) is 3.46. The van der Waals surface area contributed by atoms with Gasteiger partial charge in [-0.15, -0.1) is 0 Å². The first-order valence-corrected chi connectivity index (χ1v) is 6.94. The predicted octanol–water partition coefficient (Wildman–Crippen LogP) is 2.50. The van der Waals surface area contributed by atoms with Gasteiger partial charge >= 0.3 is 0 Å². The normalized spacial score (nSPS) is 12.6. The van der Waals surface area contributed by atoms with Gasteiger partial charge in [0.25, 0.3) is 0 Å².